The van der Waals surface area contributed by atoms with E-state index in [4.69, 9.17) is 37.0 Å². The first-order valence-electron chi connectivity index (χ1n) is 29.8. The second-order valence-electron chi connectivity index (χ2n) is 22.1. The quantitative estimate of drug-likeness (QED) is 0.0222. The molecular formula is C57H110O17P2. The zero-order valence-electron chi connectivity index (χ0n) is 48.7. The monoisotopic (exact) mass is 1130 g/mol. The number of unbranched alkanes of at least 4 members (excludes halogenated alkanes) is 23. The van der Waals surface area contributed by atoms with Gasteiger partial charge in [-0.2, -0.15) is 0 Å². The molecule has 450 valence electrons. The van der Waals surface area contributed by atoms with Gasteiger partial charge in [-0.05, 0) is 43.4 Å². The Morgan fingerprint density at radius 3 is 0.895 bits per heavy atom. The van der Waals surface area contributed by atoms with Crippen molar-refractivity contribution in [2.24, 2.45) is 17.8 Å². The molecule has 0 saturated heterocycles. The van der Waals surface area contributed by atoms with Crippen LogP contribution in [-0.2, 0) is 65.4 Å². The Balaban J connectivity index is 5.22. The zero-order valence-corrected chi connectivity index (χ0v) is 50.5. The lowest BCUT2D eigenvalue weighted by atomic mass is 10.0. The van der Waals surface area contributed by atoms with Gasteiger partial charge in [-0.3, -0.25) is 37.3 Å². The summed E-state index contributed by atoms with van der Waals surface area (Å²) >= 11 is 0. The average molecular weight is 1130 g/mol. The van der Waals surface area contributed by atoms with Gasteiger partial charge in [0.2, 0.25) is 0 Å². The Hall–Kier alpha value is -1.94. The van der Waals surface area contributed by atoms with Gasteiger partial charge < -0.3 is 33.8 Å². The standard InChI is InChI=1S/C57H110O17P2/c1-8-9-10-11-14-24-31-38-54(59)67-44-53(74-57(62)41-34-27-20-18-23-30-37-50(6)7)47-72-76(65,66)70-43-51(58)42-69-75(63,64)71-46-52(45-68-55(60)39-32-25-19-17-22-29-36-49(4)5)73-56(61)40-33-26-16-13-12-15-21-28-35-48(2)3/h48-53,58H,8-47H2,1-7H3,(H,63,64)(H,65,66)/t51-,52-,53-/m1/s1. The average Bonchev–Trinajstić information content (AvgIpc) is 3.36. The minimum atomic E-state index is -4.94. The van der Waals surface area contributed by atoms with E-state index < -0.39 is 97.5 Å². The highest BCUT2D eigenvalue weighted by molar-refractivity contribution is 7.47. The van der Waals surface area contributed by atoms with E-state index in [0.29, 0.717) is 37.5 Å². The number of carbonyl (C=O) groups is 4. The number of ether oxygens (including phenoxy) is 4. The third-order valence-electron chi connectivity index (χ3n) is 12.9. The molecule has 0 aromatic carbocycles. The molecule has 0 radical (unpaired) electrons. The van der Waals surface area contributed by atoms with E-state index in [1.165, 1.54) is 57.8 Å². The van der Waals surface area contributed by atoms with Crippen LogP contribution < -0.4 is 0 Å². The molecule has 0 saturated carbocycles. The molecule has 3 N–H and O–H groups in total. The lowest BCUT2D eigenvalue weighted by Gasteiger charge is -2.21. The van der Waals surface area contributed by atoms with E-state index in [0.717, 1.165) is 115 Å². The summed E-state index contributed by atoms with van der Waals surface area (Å²) in [6.07, 6.45) is 27.1. The van der Waals surface area contributed by atoms with Crippen molar-refractivity contribution in [3.05, 3.63) is 0 Å². The summed E-state index contributed by atoms with van der Waals surface area (Å²) in [4.78, 5) is 71.7. The van der Waals surface area contributed by atoms with E-state index >= 15 is 0 Å². The SMILES string of the molecule is CCCCCCCCCC(=O)OC[C@H](COP(=O)(O)OC[C@H](O)COP(=O)(O)OC[C@@H](COC(=O)CCCCCCCCC(C)C)OC(=O)CCCCCCCCCCC(C)C)OC(=O)CCCCCCCCC(C)C. The summed E-state index contributed by atoms with van der Waals surface area (Å²) in [5.41, 5.74) is 0. The van der Waals surface area contributed by atoms with Gasteiger partial charge in [0.05, 0.1) is 26.4 Å². The topological polar surface area (TPSA) is 237 Å². The highest BCUT2D eigenvalue weighted by atomic mass is 31.2. The van der Waals surface area contributed by atoms with E-state index in [1.807, 2.05) is 0 Å². The van der Waals surface area contributed by atoms with Gasteiger partial charge in [0.15, 0.2) is 12.2 Å². The fourth-order valence-corrected chi connectivity index (χ4v) is 9.82. The Kier molecular flexibility index (Phi) is 47.7. The lowest BCUT2D eigenvalue weighted by molar-refractivity contribution is -0.161. The van der Waals surface area contributed by atoms with Gasteiger partial charge in [-0.1, -0.05) is 215 Å². The zero-order chi connectivity index (χ0) is 56.7. The first-order valence-corrected chi connectivity index (χ1v) is 32.8. The summed E-state index contributed by atoms with van der Waals surface area (Å²) in [5.74, 6) is -0.0898. The lowest BCUT2D eigenvalue weighted by Crippen LogP contribution is -2.30. The van der Waals surface area contributed by atoms with Crippen LogP contribution in [0, 0.1) is 17.8 Å². The maximum atomic E-state index is 12.9. The molecule has 0 aromatic heterocycles. The van der Waals surface area contributed by atoms with Crippen LogP contribution in [0.5, 0.6) is 0 Å². The highest BCUT2D eigenvalue weighted by Gasteiger charge is 2.30. The molecule has 0 aromatic rings. The maximum Gasteiger partial charge on any atom is 0.472 e. The molecule has 0 fully saturated rings. The molecule has 0 spiro atoms. The molecule has 5 atom stereocenters. The van der Waals surface area contributed by atoms with Crippen LogP contribution >= 0.6 is 15.6 Å². The molecule has 76 heavy (non-hydrogen) atoms. The summed E-state index contributed by atoms with van der Waals surface area (Å²) in [6, 6.07) is 0. The van der Waals surface area contributed by atoms with Crippen LogP contribution in [0.1, 0.15) is 267 Å². The minimum absolute atomic E-state index is 0.101. The number of carbonyl (C=O) groups excluding carboxylic acids is 4. The predicted molar refractivity (Wildman–Crippen MR) is 298 cm³/mol. The van der Waals surface area contributed by atoms with E-state index in [9.17, 15) is 43.2 Å². The predicted octanol–water partition coefficient (Wildman–Crippen LogP) is 14.8. The van der Waals surface area contributed by atoms with Crippen molar-refractivity contribution in [3.63, 3.8) is 0 Å². The highest BCUT2D eigenvalue weighted by Crippen LogP contribution is 2.45. The second kappa shape index (κ2) is 48.9. The van der Waals surface area contributed by atoms with Crippen molar-refractivity contribution >= 4 is 39.5 Å². The maximum absolute atomic E-state index is 12.9. The minimum Gasteiger partial charge on any atom is -0.462 e. The molecule has 0 bridgehead atoms. The molecule has 0 aliphatic carbocycles. The van der Waals surface area contributed by atoms with Crippen LogP contribution in [0.15, 0.2) is 0 Å². The summed E-state index contributed by atoms with van der Waals surface area (Å²) in [7, 11) is -9.87. The summed E-state index contributed by atoms with van der Waals surface area (Å²) in [5, 5.41) is 10.5. The molecule has 0 amide bonds. The van der Waals surface area contributed by atoms with Gasteiger partial charge in [-0.25, -0.2) is 9.13 Å². The Bertz CT molecular complexity index is 1530. The number of aliphatic hydroxyl groups excluding tert-OH is 1. The van der Waals surface area contributed by atoms with Crippen molar-refractivity contribution in [1.82, 2.24) is 0 Å². The third-order valence-corrected chi connectivity index (χ3v) is 14.8. The van der Waals surface area contributed by atoms with Crippen LogP contribution in [0.2, 0.25) is 0 Å². The van der Waals surface area contributed by atoms with Crippen molar-refractivity contribution in [2.75, 3.05) is 39.6 Å². The number of phosphoric ester groups is 2. The molecule has 19 heteroatoms. The number of hydrogen-bond acceptors (Lipinski definition) is 15. The van der Waals surface area contributed by atoms with Crippen LogP contribution in [0.4, 0.5) is 0 Å². The van der Waals surface area contributed by atoms with E-state index in [2.05, 4.69) is 48.5 Å². The molecule has 0 rings (SSSR count). The van der Waals surface area contributed by atoms with Gasteiger partial charge >= 0.3 is 39.5 Å². The van der Waals surface area contributed by atoms with Crippen molar-refractivity contribution in [3.8, 4) is 0 Å². The van der Waals surface area contributed by atoms with Crippen molar-refractivity contribution < 1.29 is 80.2 Å². The van der Waals surface area contributed by atoms with Crippen molar-refractivity contribution in [2.45, 2.75) is 285 Å². The number of aliphatic hydroxyl groups is 1. The summed E-state index contributed by atoms with van der Waals surface area (Å²) in [6.45, 7) is 11.5. The fourth-order valence-electron chi connectivity index (χ4n) is 8.24. The van der Waals surface area contributed by atoms with Gasteiger partial charge in [0, 0.05) is 25.7 Å². The number of phosphoric acid groups is 2. The number of esters is 4. The molecule has 17 nitrogen and oxygen atoms in total. The molecule has 0 aliphatic heterocycles. The fraction of sp³-hybridized carbons (Fsp3) is 0.930. The second-order valence-corrected chi connectivity index (χ2v) is 25.0. The third kappa shape index (κ3) is 51.5. The number of rotatable bonds is 55. The van der Waals surface area contributed by atoms with Crippen LogP contribution in [-0.4, -0.2) is 96.7 Å². The molecule has 0 aliphatic rings. The smallest absolute Gasteiger partial charge is 0.462 e. The van der Waals surface area contributed by atoms with Crippen molar-refractivity contribution in [1.29, 1.82) is 0 Å². The van der Waals surface area contributed by atoms with Gasteiger partial charge in [0.1, 0.15) is 19.3 Å². The Morgan fingerprint density at radius 1 is 0.355 bits per heavy atom. The first-order chi connectivity index (χ1) is 36.2. The largest absolute Gasteiger partial charge is 0.472 e. The van der Waals surface area contributed by atoms with Crippen LogP contribution in [0.3, 0.4) is 0 Å². The molecule has 2 unspecified atom stereocenters. The normalized spacial score (nSPS) is 14.6. The van der Waals surface area contributed by atoms with E-state index in [-0.39, 0.29) is 25.7 Å². The Labute approximate surface area is 460 Å². The van der Waals surface area contributed by atoms with Gasteiger partial charge in [0.25, 0.3) is 0 Å². The summed E-state index contributed by atoms with van der Waals surface area (Å²) < 4.78 is 67.5. The van der Waals surface area contributed by atoms with E-state index in [1.54, 1.807) is 0 Å². The molecule has 0 heterocycles. The first kappa shape index (κ1) is 74.1. The van der Waals surface area contributed by atoms with Gasteiger partial charge in [-0.15, -0.1) is 0 Å². The molecular weight excluding hydrogens is 1020 g/mol. The Morgan fingerprint density at radius 2 is 0.605 bits per heavy atom. The van der Waals surface area contributed by atoms with Crippen LogP contribution in [0.25, 0.3) is 0 Å². The number of hydrogen-bond donors (Lipinski definition) is 3.